The van der Waals surface area contributed by atoms with Crippen molar-refractivity contribution in [2.45, 2.75) is 64.0 Å². The normalized spacial score (nSPS) is 20.4. The van der Waals surface area contributed by atoms with Gasteiger partial charge in [0.05, 0.1) is 0 Å². The van der Waals surface area contributed by atoms with Crippen LogP contribution in [0, 0.1) is 0 Å². The Morgan fingerprint density at radius 2 is 1.62 bits per heavy atom. The lowest BCUT2D eigenvalue weighted by Gasteiger charge is -2.31. The SMILES string of the molecule is CC(C)(C)OC(=O)NC1CCCC(c2ccc(-c3ccccc3)cc2)C1. The maximum absolute atomic E-state index is 12.0. The Labute approximate surface area is 156 Å². The average Bonchev–Trinajstić information content (AvgIpc) is 2.61. The van der Waals surface area contributed by atoms with E-state index >= 15 is 0 Å². The number of carbonyl (C=O) groups excluding carboxylic acids is 1. The highest BCUT2D eigenvalue weighted by Gasteiger charge is 2.26. The monoisotopic (exact) mass is 351 g/mol. The van der Waals surface area contributed by atoms with Crippen molar-refractivity contribution in [1.82, 2.24) is 5.32 Å². The largest absolute Gasteiger partial charge is 0.444 e. The Hall–Kier alpha value is -2.29. The van der Waals surface area contributed by atoms with Gasteiger partial charge in [0.15, 0.2) is 0 Å². The van der Waals surface area contributed by atoms with Gasteiger partial charge in [-0.15, -0.1) is 0 Å². The van der Waals surface area contributed by atoms with Crippen molar-refractivity contribution >= 4 is 6.09 Å². The van der Waals surface area contributed by atoms with E-state index in [0.29, 0.717) is 5.92 Å². The molecule has 138 valence electrons. The van der Waals surface area contributed by atoms with E-state index in [9.17, 15) is 4.79 Å². The smallest absolute Gasteiger partial charge is 0.407 e. The molecule has 0 bridgehead atoms. The van der Waals surface area contributed by atoms with Crippen LogP contribution < -0.4 is 5.32 Å². The fourth-order valence-electron chi connectivity index (χ4n) is 3.68. The Balaban J connectivity index is 1.61. The summed E-state index contributed by atoms with van der Waals surface area (Å²) >= 11 is 0. The van der Waals surface area contributed by atoms with Crippen LogP contribution >= 0.6 is 0 Å². The van der Waals surface area contributed by atoms with Gasteiger partial charge < -0.3 is 10.1 Å². The molecule has 0 aromatic heterocycles. The summed E-state index contributed by atoms with van der Waals surface area (Å²) in [6.45, 7) is 5.68. The molecule has 1 fully saturated rings. The molecule has 2 atom stereocenters. The molecule has 0 spiro atoms. The zero-order valence-electron chi connectivity index (χ0n) is 16.0. The lowest BCUT2D eigenvalue weighted by atomic mass is 9.81. The van der Waals surface area contributed by atoms with E-state index < -0.39 is 5.60 Å². The second kappa shape index (κ2) is 7.94. The van der Waals surface area contributed by atoms with E-state index in [2.05, 4.69) is 53.8 Å². The highest BCUT2D eigenvalue weighted by Crippen LogP contribution is 2.34. The van der Waals surface area contributed by atoms with Crippen LogP contribution in [-0.2, 0) is 4.74 Å². The highest BCUT2D eigenvalue weighted by atomic mass is 16.6. The molecule has 26 heavy (non-hydrogen) atoms. The Morgan fingerprint density at radius 1 is 0.962 bits per heavy atom. The first kappa shape index (κ1) is 18.5. The molecule has 1 aliphatic rings. The van der Waals surface area contributed by atoms with Gasteiger partial charge in [-0.05, 0) is 62.6 Å². The summed E-state index contributed by atoms with van der Waals surface area (Å²) in [6.07, 6.45) is 4.01. The van der Waals surface area contributed by atoms with E-state index in [1.165, 1.54) is 23.1 Å². The number of carbonyl (C=O) groups is 1. The van der Waals surface area contributed by atoms with E-state index in [1.807, 2.05) is 26.8 Å². The summed E-state index contributed by atoms with van der Waals surface area (Å²) < 4.78 is 5.40. The summed E-state index contributed by atoms with van der Waals surface area (Å²) in [5.41, 5.74) is 3.40. The third-order valence-electron chi connectivity index (χ3n) is 4.88. The van der Waals surface area contributed by atoms with Crippen molar-refractivity contribution in [3.05, 3.63) is 60.2 Å². The predicted molar refractivity (Wildman–Crippen MR) is 106 cm³/mol. The van der Waals surface area contributed by atoms with Crippen LogP contribution in [0.1, 0.15) is 57.9 Å². The first-order valence-corrected chi connectivity index (χ1v) is 9.55. The van der Waals surface area contributed by atoms with E-state index in [4.69, 9.17) is 4.74 Å². The molecular weight excluding hydrogens is 322 g/mol. The molecule has 1 N–H and O–H groups in total. The van der Waals surface area contributed by atoms with Gasteiger partial charge in [-0.3, -0.25) is 0 Å². The number of hydrogen-bond donors (Lipinski definition) is 1. The number of rotatable bonds is 3. The molecule has 3 heteroatoms. The van der Waals surface area contributed by atoms with Crippen molar-refractivity contribution in [1.29, 1.82) is 0 Å². The molecule has 2 aromatic rings. The zero-order valence-corrected chi connectivity index (χ0v) is 16.0. The number of alkyl carbamates (subject to hydrolysis) is 1. The third kappa shape index (κ3) is 5.10. The molecule has 0 heterocycles. The minimum absolute atomic E-state index is 0.192. The lowest BCUT2D eigenvalue weighted by molar-refractivity contribution is 0.0490. The topological polar surface area (TPSA) is 38.3 Å². The summed E-state index contributed by atoms with van der Waals surface area (Å²) in [6, 6.07) is 19.5. The number of amides is 1. The quantitative estimate of drug-likeness (QED) is 0.747. The van der Waals surface area contributed by atoms with Crippen LogP contribution in [0.2, 0.25) is 0 Å². The van der Waals surface area contributed by atoms with Crippen LogP contribution in [0.3, 0.4) is 0 Å². The molecule has 0 radical (unpaired) electrons. The zero-order chi connectivity index (χ0) is 18.6. The first-order chi connectivity index (χ1) is 12.4. The molecule has 3 rings (SSSR count). The van der Waals surface area contributed by atoms with Gasteiger partial charge in [-0.2, -0.15) is 0 Å². The van der Waals surface area contributed by atoms with E-state index in [-0.39, 0.29) is 12.1 Å². The fourth-order valence-corrected chi connectivity index (χ4v) is 3.68. The van der Waals surface area contributed by atoms with E-state index in [0.717, 1.165) is 19.3 Å². The van der Waals surface area contributed by atoms with Gasteiger partial charge in [0.1, 0.15) is 5.60 Å². The van der Waals surface area contributed by atoms with Crippen LogP contribution in [0.25, 0.3) is 11.1 Å². The van der Waals surface area contributed by atoms with Crippen molar-refractivity contribution in [3.8, 4) is 11.1 Å². The van der Waals surface area contributed by atoms with Gasteiger partial charge in [0.25, 0.3) is 0 Å². The first-order valence-electron chi connectivity index (χ1n) is 9.55. The van der Waals surface area contributed by atoms with Crippen molar-refractivity contribution in [3.63, 3.8) is 0 Å². The van der Waals surface area contributed by atoms with Gasteiger partial charge in [-0.1, -0.05) is 61.0 Å². The van der Waals surface area contributed by atoms with Gasteiger partial charge in [0, 0.05) is 6.04 Å². The molecule has 0 saturated heterocycles. The molecule has 1 saturated carbocycles. The molecule has 3 nitrogen and oxygen atoms in total. The molecule has 1 aliphatic carbocycles. The van der Waals surface area contributed by atoms with Crippen molar-refractivity contribution < 1.29 is 9.53 Å². The van der Waals surface area contributed by atoms with Crippen LogP contribution in [0.5, 0.6) is 0 Å². The number of nitrogens with one attached hydrogen (secondary N) is 1. The molecule has 1 amide bonds. The summed E-state index contributed by atoms with van der Waals surface area (Å²) in [4.78, 5) is 12.0. The fraction of sp³-hybridized carbons (Fsp3) is 0.435. The Morgan fingerprint density at radius 3 is 2.27 bits per heavy atom. The molecule has 2 aromatic carbocycles. The van der Waals surface area contributed by atoms with Gasteiger partial charge >= 0.3 is 6.09 Å². The molecule has 2 unspecified atom stereocenters. The number of hydrogen-bond acceptors (Lipinski definition) is 2. The number of benzene rings is 2. The lowest BCUT2D eigenvalue weighted by Crippen LogP contribution is -2.41. The summed E-state index contributed by atoms with van der Waals surface area (Å²) in [5.74, 6) is 0.494. The maximum atomic E-state index is 12.0. The van der Waals surface area contributed by atoms with Crippen LogP contribution in [0.4, 0.5) is 4.79 Å². The Kier molecular flexibility index (Phi) is 5.65. The van der Waals surface area contributed by atoms with Gasteiger partial charge in [0.2, 0.25) is 0 Å². The van der Waals surface area contributed by atoms with Crippen molar-refractivity contribution in [2.75, 3.05) is 0 Å². The number of ether oxygens (including phenoxy) is 1. The van der Waals surface area contributed by atoms with Crippen molar-refractivity contribution in [2.24, 2.45) is 0 Å². The molecular formula is C23H29NO2. The maximum Gasteiger partial charge on any atom is 0.407 e. The van der Waals surface area contributed by atoms with Crippen LogP contribution in [-0.4, -0.2) is 17.7 Å². The Bertz CT molecular complexity index is 716. The summed E-state index contributed by atoms with van der Waals surface area (Å²) in [7, 11) is 0. The van der Waals surface area contributed by atoms with E-state index in [1.54, 1.807) is 0 Å². The highest BCUT2D eigenvalue weighted by molar-refractivity contribution is 5.68. The second-order valence-corrected chi connectivity index (χ2v) is 8.19. The van der Waals surface area contributed by atoms with Crippen LogP contribution in [0.15, 0.2) is 54.6 Å². The third-order valence-corrected chi connectivity index (χ3v) is 4.88. The second-order valence-electron chi connectivity index (χ2n) is 8.19. The van der Waals surface area contributed by atoms with Gasteiger partial charge in [-0.25, -0.2) is 4.79 Å². The molecule has 0 aliphatic heterocycles. The minimum Gasteiger partial charge on any atom is -0.444 e. The predicted octanol–water partition coefficient (Wildman–Crippen LogP) is 5.90. The standard InChI is InChI=1S/C23H29NO2/c1-23(2,3)26-22(25)24-21-11-7-10-20(16-21)19-14-12-18(13-15-19)17-8-5-4-6-9-17/h4-6,8-9,12-15,20-21H,7,10-11,16H2,1-3H3,(H,24,25). The minimum atomic E-state index is -0.453. The average molecular weight is 351 g/mol. The summed E-state index contributed by atoms with van der Waals surface area (Å²) in [5, 5.41) is 3.05.